The number of nitrogen functional groups attached to an aromatic ring is 1. The van der Waals surface area contributed by atoms with Crippen molar-refractivity contribution in [3.63, 3.8) is 0 Å². The van der Waals surface area contributed by atoms with E-state index in [-0.39, 0.29) is 0 Å². The molecule has 0 aliphatic rings. The van der Waals surface area contributed by atoms with Crippen LogP contribution >= 0.6 is 0 Å². The van der Waals surface area contributed by atoms with Crippen LogP contribution in [0.3, 0.4) is 0 Å². The largest absolute Gasteiger partial charge is 0.485 e. The first kappa shape index (κ1) is 11.3. The quantitative estimate of drug-likeness (QED) is 0.844. The summed E-state index contributed by atoms with van der Waals surface area (Å²) in [6.45, 7) is 0.486. The predicted octanol–water partition coefficient (Wildman–Crippen LogP) is 2.28. The Balaban J connectivity index is 2.00. The second-order valence-electron chi connectivity index (χ2n) is 3.65. The van der Waals surface area contributed by atoms with Crippen molar-refractivity contribution >= 4 is 11.4 Å². The molecule has 0 aliphatic heterocycles. The van der Waals surface area contributed by atoms with Gasteiger partial charge in [-0.25, -0.2) is 0 Å². The lowest BCUT2D eigenvalue weighted by Gasteiger charge is -2.08. The number of anilines is 2. The Morgan fingerprint density at radius 1 is 1.24 bits per heavy atom. The van der Waals surface area contributed by atoms with Gasteiger partial charge in [0.2, 0.25) is 0 Å². The molecular weight excluding hydrogens is 214 g/mol. The van der Waals surface area contributed by atoms with Gasteiger partial charge >= 0.3 is 0 Å². The van der Waals surface area contributed by atoms with Gasteiger partial charge in [0.25, 0.3) is 0 Å². The van der Waals surface area contributed by atoms with Crippen LogP contribution in [0.15, 0.2) is 42.7 Å². The molecule has 0 unspecified atom stereocenters. The first-order valence-electron chi connectivity index (χ1n) is 5.38. The average Bonchev–Trinajstić information content (AvgIpc) is 2.38. The van der Waals surface area contributed by atoms with E-state index in [4.69, 9.17) is 10.5 Å². The van der Waals surface area contributed by atoms with Gasteiger partial charge in [0, 0.05) is 18.9 Å². The molecule has 0 bridgehead atoms. The van der Waals surface area contributed by atoms with Crippen LogP contribution in [-0.2, 0) is 6.61 Å². The molecule has 0 radical (unpaired) electrons. The van der Waals surface area contributed by atoms with E-state index < -0.39 is 0 Å². The van der Waals surface area contributed by atoms with Gasteiger partial charge in [-0.1, -0.05) is 12.1 Å². The van der Waals surface area contributed by atoms with Gasteiger partial charge < -0.3 is 15.8 Å². The number of ether oxygens (including phenoxy) is 1. The van der Waals surface area contributed by atoms with Crippen LogP contribution in [0.2, 0.25) is 0 Å². The second kappa shape index (κ2) is 5.21. The Morgan fingerprint density at radius 3 is 2.65 bits per heavy atom. The van der Waals surface area contributed by atoms with Crippen molar-refractivity contribution < 1.29 is 4.74 Å². The summed E-state index contributed by atoms with van der Waals surface area (Å²) < 4.78 is 5.59. The Hall–Kier alpha value is -2.23. The summed E-state index contributed by atoms with van der Waals surface area (Å²) in [5.74, 6) is 0.616. The van der Waals surface area contributed by atoms with Gasteiger partial charge in [-0.2, -0.15) is 0 Å². The van der Waals surface area contributed by atoms with Crippen molar-refractivity contribution in [2.24, 2.45) is 0 Å². The topological polar surface area (TPSA) is 60.2 Å². The Bertz CT molecular complexity index is 482. The third kappa shape index (κ3) is 2.87. The fourth-order valence-electron chi connectivity index (χ4n) is 1.44. The highest BCUT2D eigenvalue weighted by Crippen LogP contribution is 2.20. The molecule has 0 atom stereocenters. The maximum Gasteiger partial charge on any atom is 0.160 e. The maximum atomic E-state index is 5.76. The standard InChI is InChI=1S/C13H15N3O/c1-15-11-4-2-10(3-5-11)9-17-13-8-16-7-6-12(13)14/h2-8,15H,9H2,1H3,(H2,14,16). The lowest BCUT2D eigenvalue weighted by molar-refractivity contribution is 0.307. The molecule has 0 saturated heterocycles. The number of hydrogen-bond acceptors (Lipinski definition) is 4. The van der Waals surface area contributed by atoms with Crippen molar-refractivity contribution in [3.05, 3.63) is 48.3 Å². The molecule has 3 N–H and O–H groups in total. The van der Waals surface area contributed by atoms with E-state index >= 15 is 0 Å². The molecule has 0 spiro atoms. The van der Waals surface area contributed by atoms with Crippen molar-refractivity contribution in [1.29, 1.82) is 0 Å². The highest BCUT2D eigenvalue weighted by atomic mass is 16.5. The van der Waals surface area contributed by atoms with Crippen LogP contribution in [0.1, 0.15) is 5.56 Å². The summed E-state index contributed by atoms with van der Waals surface area (Å²) in [6, 6.07) is 9.76. The number of nitrogens with zero attached hydrogens (tertiary/aromatic N) is 1. The monoisotopic (exact) mass is 229 g/mol. The number of benzene rings is 1. The molecule has 88 valence electrons. The first-order valence-corrected chi connectivity index (χ1v) is 5.38. The van der Waals surface area contributed by atoms with Crippen LogP contribution in [-0.4, -0.2) is 12.0 Å². The fraction of sp³-hybridized carbons (Fsp3) is 0.154. The fourth-order valence-corrected chi connectivity index (χ4v) is 1.44. The van der Waals surface area contributed by atoms with E-state index in [0.717, 1.165) is 11.3 Å². The van der Waals surface area contributed by atoms with E-state index in [0.29, 0.717) is 18.0 Å². The summed E-state index contributed by atoms with van der Waals surface area (Å²) in [4.78, 5) is 3.97. The number of rotatable bonds is 4. The number of aromatic nitrogens is 1. The Kier molecular flexibility index (Phi) is 3.45. The molecule has 4 heteroatoms. The molecule has 4 nitrogen and oxygen atoms in total. The molecule has 0 amide bonds. The number of pyridine rings is 1. The molecule has 0 fully saturated rings. The predicted molar refractivity (Wildman–Crippen MR) is 69.0 cm³/mol. The highest BCUT2D eigenvalue weighted by molar-refractivity contribution is 5.50. The van der Waals surface area contributed by atoms with Crippen molar-refractivity contribution in [2.45, 2.75) is 6.61 Å². The van der Waals surface area contributed by atoms with E-state index in [9.17, 15) is 0 Å². The molecule has 2 aromatic rings. The third-order valence-corrected chi connectivity index (χ3v) is 2.45. The zero-order chi connectivity index (χ0) is 12.1. The van der Waals surface area contributed by atoms with E-state index in [1.807, 2.05) is 31.3 Å². The molecule has 17 heavy (non-hydrogen) atoms. The van der Waals surface area contributed by atoms with Gasteiger partial charge in [0.05, 0.1) is 11.9 Å². The lowest BCUT2D eigenvalue weighted by atomic mass is 10.2. The maximum absolute atomic E-state index is 5.76. The number of nitrogens with two attached hydrogens (primary N) is 1. The summed E-state index contributed by atoms with van der Waals surface area (Å²) in [7, 11) is 1.89. The van der Waals surface area contributed by atoms with E-state index in [2.05, 4.69) is 10.3 Å². The molecule has 0 saturated carbocycles. The van der Waals surface area contributed by atoms with E-state index in [1.165, 1.54) is 0 Å². The molecule has 1 heterocycles. The average molecular weight is 229 g/mol. The zero-order valence-corrected chi connectivity index (χ0v) is 9.68. The van der Waals surface area contributed by atoms with Gasteiger partial charge in [0.1, 0.15) is 6.61 Å². The highest BCUT2D eigenvalue weighted by Gasteiger charge is 2.00. The van der Waals surface area contributed by atoms with Crippen LogP contribution in [0.5, 0.6) is 5.75 Å². The Labute approximate surface area is 100 Å². The minimum atomic E-state index is 0.486. The van der Waals surface area contributed by atoms with Crippen LogP contribution < -0.4 is 15.8 Å². The number of nitrogens with one attached hydrogen (secondary N) is 1. The SMILES string of the molecule is CNc1ccc(COc2cnccc2N)cc1. The molecular formula is C13H15N3O. The molecule has 0 aliphatic carbocycles. The summed E-state index contributed by atoms with van der Waals surface area (Å²) in [5, 5.41) is 3.07. The number of hydrogen-bond donors (Lipinski definition) is 2. The van der Waals surface area contributed by atoms with Crippen molar-refractivity contribution in [2.75, 3.05) is 18.1 Å². The van der Waals surface area contributed by atoms with Gasteiger partial charge in [-0.15, -0.1) is 0 Å². The van der Waals surface area contributed by atoms with Crippen molar-refractivity contribution in [3.8, 4) is 5.75 Å². The molecule has 2 rings (SSSR count). The van der Waals surface area contributed by atoms with E-state index in [1.54, 1.807) is 18.5 Å². The lowest BCUT2D eigenvalue weighted by Crippen LogP contribution is -1.99. The summed E-state index contributed by atoms with van der Waals surface area (Å²) >= 11 is 0. The van der Waals surface area contributed by atoms with Crippen LogP contribution in [0.4, 0.5) is 11.4 Å². The van der Waals surface area contributed by atoms with Gasteiger partial charge in [0.15, 0.2) is 5.75 Å². The normalized spacial score (nSPS) is 9.94. The van der Waals surface area contributed by atoms with Gasteiger partial charge in [-0.05, 0) is 23.8 Å². The van der Waals surface area contributed by atoms with Crippen LogP contribution in [0, 0.1) is 0 Å². The minimum Gasteiger partial charge on any atom is -0.485 e. The molecule has 1 aromatic carbocycles. The summed E-state index contributed by atoms with van der Waals surface area (Å²) in [6.07, 6.45) is 3.27. The van der Waals surface area contributed by atoms with Crippen molar-refractivity contribution in [1.82, 2.24) is 4.98 Å². The summed E-state index contributed by atoms with van der Waals surface area (Å²) in [5.41, 5.74) is 8.53. The van der Waals surface area contributed by atoms with Gasteiger partial charge in [-0.3, -0.25) is 4.98 Å². The Morgan fingerprint density at radius 2 is 2.00 bits per heavy atom. The first-order chi connectivity index (χ1) is 8.29. The zero-order valence-electron chi connectivity index (χ0n) is 9.68. The van der Waals surface area contributed by atoms with Crippen LogP contribution in [0.25, 0.3) is 0 Å². The molecule has 1 aromatic heterocycles. The second-order valence-corrected chi connectivity index (χ2v) is 3.65. The smallest absolute Gasteiger partial charge is 0.160 e. The minimum absolute atomic E-state index is 0.486. The third-order valence-electron chi connectivity index (χ3n) is 2.45.